The minimum absolute atomic E-state index is 0.136. The molecular weight excluding hydrogens is 360 g/mol. The van der Waals surface area contributed by atoms with E-state index in [1.165, 1.54) is 22.5 Å². The summed E-state index contributed by atoms with van der Waals surface area (Å²) in [5.74, 6) is 0.136. The van der Waals surface area contributed by atoms with Crippen LogP contribution in [0.15, 0.2) is 48.0 Å². The predicted octanol–water partition coefficient (Wildman–Crippen LogP) is 5.28. The van der Waals surface area contributed by atoms with E-state index in [9.17, 15) is 4.79 Å². The molecular formula is C21H22N2OS2. The Balaban J connectivity index is 1.56. The highest BCUT2D eigenvalue weighted by Crippen LogP contribution is 2.31. The van der Waals surface area contributed by atoms with E-state index in [2.05, 4.69) is 47.1 Å². The second-order valence-corrected chi connectivity index (χ2v) is 8.65. The van der Waals surface area contributed by atoms with Crippen molar-refractivity contribution in [1.82, 2.24) is 9.88 Å². The lowest BCUT2D eigenvalue weighted by atomic mass is 9.87. The van der Waals surface area contributed by atoms with Crippen LogP contribution in [0.2, 0.25) is 0 Å². The van der Waals surface area contributed by atoms with E-state index in [0.29, 0.717) is 0 Å². The molecule has 1 atom stereocenters. The molecule has 1 amide bonds. The van der Waals surface area contributed by atoms with E-state index in [4.69, 9.17) is 0 Å². The average Bonchev–Trinajstić information content (AvgIpc) is 3.36. The first kappa shape index (κ1) is 17.4. The van der Waals surface area contributed by atoms with Crippen molar-refractivity contribution in [3.8, 4) is 9.88 Å². The topological polar surface area (TPSA) is 33.2 Å². The van der Waals surface area contributed by atoms with Crippen molar-refractivity contribution >= 4 is 28.6 Å². The lowest BCUT2D eigenvalue weighted by molar-refractivity contribution is 0.0666. The van der Waals surface area contributed by atoms with Gasteiger partial charge < -0.3 is 4.90 Å². The Morgan fingerprint density at radius 1 is 1.23 bits per heavy atom. The summed E-state index contributed by atoms with van der Waals surface area (Å²) in [7, 11) is 0. The molecule has 2 aromatic heterocycles. The first-order chi connectivity index (χ1) is 12.8. The number of fused-ring (bicyclic) bond motifs is 1. The second kappa shape index (κ2) is 7.72. The standard InChI is InChI=1S/C21H22N2OS2/c1-2-11-23(17-10-9-15-6-3-4-7-16(15)13-17)21(24)19-14-22-20(26-19)18-8-5-12-25-18/h3-8,12,14,17H,2,9-11,13H2,1H3. The van der Waals surface area contributed by atoms with E-state index in [0.717, 1.165) is 47.0 Å². The Morgan fingerprint density at radius 2 is 2.08 bits per heavy atom. The Hall–Kier alpha value is -1.98. The van der Waals surface area contributed by atoms with Gasteiger partial charge in [0, 0.05) is 12.6 Å². The maximum absolute atomic E-state index is 13.2. The smallest absolute Gasteiger partial charge is 0.265 e. The zero-order valence-electron chi connectivity index (χ0n) is 14.9. The number of carbonyl (C=O) groups excluding carboxylic acids is 1. The molecule has 1 aromatic carbocycles. The summed E-state index contributed by atoms with van der Waals surface area (Å²) >= 11 is 3.17. The molecule has 1 aliphatic carbocycles. The lowest BCUT2D eigenvalue weighted by Crippen LogP contribution is -2.43. The van der Waals surface area contributed by atoms with Crippen LogP contribution in [-0.4, -0.2) is 28.4 Å². The number of rotatable bonds is 5. The van der Waals surface area contributed by atoms with Gasteiger partial charge in [0.15, 0.2) is 0 Å². The minimum Gasteiger partial charge on any atom is -0.335 e. The summed E-state index contributed by atoms with van der Waals surface area (Å²) in [6.45, 7) is 2.94. The molecule has 0 N–H and O–H groups in total. The third-order valence-corrected chi connectivity index (χ3v) is 6.96. The molecule has 0 saturated heterocycles. The van der Waals surface area contributed by atoms with E-state index in [-0.39, 0.29) is 11.9 Å². The minimum atomic E-state index is 0.136. The summed E-state index contributed by atoms with van der Waals surface area (Å²) in [6.07, 6.45) is 5.78. The molecule has 134 valence electrons. The van der Waals surface area contributed by atoms with Crippen LogP contribution in [0.1, 0.15) is 40.6 Å². The first-order valence-corrected chi connectivity index (χ1v) is 10.8. The highest BCUT2D eigenvalue weighted by Gasteiger charge is 2.29. The molecule has 1 unspecified atom stereocenters. The average molecular weight is 383 g/mol. The Kier molecular flexibility index (Phi) is 5.18. The molecule has 1 aliphatic rings. The van der Waals surface area contributed by atoms with Gasteiger partial charge in [0.2, 0.25) is 0 Å². The Labute approximate surface area is 162 Å². The molecule has 5 heteroatoms. The highest BCUT2D eigenvalue weighted by atomic mass is 32.1. The zero-order valence-corrected chi connectivity index (χ0v) is 16.5. The number of aromatic nitrogens is 1. The van der Waals surface area contributed by atoms with Crippen LogP contribution >= 0.6 is 22.7 Å². The number of aryl methyl sites for hydroxylation is 1. The fourth-order valence-electron chi connectivity index (χ4n) is 3.66. The van der Waals surface area contributed by atoms with Crippen LogP contribution in [-0.2, 0) is 12.8 Å². The zero-order chi connectivity index (χ0) is 17.9. The molecule has 26 heavy (non-hydrogen) atoms. The van der Waals surface area contributed by atoms with E-state index >= 15 is 0 Å². The maximum atomic E-state index is 13.2. The number of nitrogens with zero attached hydrogens (tertiary/aromatic N) is 2. The van der Waals surface area contributed by atoms with Crippen molar-refractivity contribution in [1.29, 1.82) is 0 Å². The normalized spacial score (nSPS) is 16.3. The van der Waals surface area contributed by atoms with Crippen molar-refractivity contribution < 1.29 is 4.79 Å². The number of hydrogen-bond acceptors (Lipinski definition) is 4. The van der Waals surface area contributed by atoms with Crippen LogP contribution in [0.5, 0.6) is 0 Å². The highest BCUT2D eigenvalue weighted by molar-refractivity contribution is 7.21. The molecule has 3 nitrogen and oxygen atoms in total. The van der Waals surface area contributed by atoms with Crippen LogP contribution in [0.3, 0.4) is 0 Å². The summed E-state index contributed by atoms with van der Waals surface area (Å²) in [5.41, 5.74) is 2.83. The van der Waals surface area contributed by atoms with Crippen LogP contribution in [0, 0.1) is 0 Å². The molecule has 2 heterocycles. The number of carbonyl (C=O) groups is 1. The van der Waals surface area contributed by atoms with Gasteiger partial charge in [0.25, 0.3) is 5.91 Å². The molecule has 0 aliphatic heterocycles. The fourth-order valence-corrected chi connectivity index (χ4v) is 5.34. The van der Waals surface area contributed by atoms with Crippen LogP contribution < -0.4 is 0 Å². The fraction of sp³-hybridized carbons (Fsp3) is 0.333. The number of benzene rings is 1. The van der Waals surface area contributed by atoms with Crippen LogP contribution in [0.25, 0.3) is 9.88 Å². The third kappa shape index (κ3) is 3.46. The molecule has 3 aromatic rings. The molecule has 0 fully saturated rings. The number of thiophene rings is 1. The maximum Gasteiger partial charge on any atom is 0.265 e. The molecule has 0 radical (unpaired) electrons. The molecule has 0 saturated carbocycles. The van der Waals surface area contributed by atoms with Crippen molar-refractivity contribution in [2.45, 2.75) is 38.6 Å². The summed E-state index contributed by atoms with van der Waals surface area (Å²) in [5, 5.41) is 2.98. The van der Waals surface area contributed by atoms with Gasteiger partial charge in [-0.1, -0.05) is 37.3 Å². The summed E-state index contributed by atoms with van der Waals surface area (Å²) in [6, 6.07) is 13.0. The van der Waals surface area contributed by atoms with Gasteiger partial charge in [0.05, 0.1) is 11.1 Å². The van der Waals surface area contributed by atoms with Gasteiger partial charge in [-0.25, -0.2) is 4.98 Å². The van der Waals surface area contributed by atoms with Crippen LogP contribution in [0.4, 0.5) is 0 Å². The first-order valence-electron chi connectivity index (χ1n) is 9.13. The predicted molar refractivity (Wildman–Crippen MR) is 109 cm³/mol. The largest absolute Gasteiger partial charge is 0.335 e. The van der Waals surface area contributed by atoms with E-state index in [1.54, 1.807) is 17.5 Å². The number of thiazole rings is 1. The van der Waals surface area contributed by atoms with E-state index < -0.39 is 0 Å². The molecule has 0 spiro atoms. The van der Waals surface area contributed by atoms with Gasteiger partial charge >= 0.3 is 0 Å². The van der Waals surface area contributed by atoms with Gasteiger partial charge in [-0.05, 0) is 48.3 Å². The lowest BCUT2D eigenvalue weighted by Gasteiger charge is -2.35. The number of hydrogen-bond donors (Lipinski definition) is 0. The van der Waals surface area contributed by atoms with Crippen molar-refractivity contribution in [3.63, 3.8) is 0 Å². The van der Waals surface area contributed by atoms with Gasteiger partial charge in [0.1, 0.15) is 9.88 Å². The van der Waals surface area contributed by atoms with Crippen molar-refractivity contribution in [2.75, 3.05) is 6.54 Å². The third-order valence-electron chi connectivity index (χ3n) is 4.94. The Bertz CT molecular complexity index is 885. The Morgan fingerprint density at radius 3 is 2.85 bits per heavy atom. The van der Waals surface area contributed by atoms with E-state index in [1.807, 2.05) is 11.4 Å². The second-order valence-electron chi connectivity index (χ2n) is 6.67. The van der Waals surface area contributed by atoms with Gasteiger partial charge in [-0.2, -0.15) is 0 Å². The monoisotopic (exact) mass is 382 g/mol. The summed E-state index contributed by atoms with van der Waals surface area (Å²) < 4.78 is 0. The summed E-state index contributed by atoms with van der Waals surface area (Å²) in [4.78, 5) is 21.7. The molecule has 0 bridgehead atoms. The van der Waals surface area contributed by atoms with Gasteiger partial charge in [-0.3, -0.25) is 4.79 Å². The number of amides is 1. The van der Waals surface area contributed by atoms with Crippen molar-refractivity contribution in [2.24, 2.45) is 0 Å². The van der Waals surface area contributed by atoms with Gasteiger partial charge in [-0.15, -0.1) is 22.7 Å². The SMILES string of the molecule is CCCN(C(=O)c1cnc(-c2cccs2)s1)C1CCc2ccccc2C1. The molecule has 4 rings (SSSR count). The quantitative estimate of drug-likeness (QED) is 0.601. The van der Waals surface area contributed by atoms with Crippen molar-refractivity contribution in [3.05, 3.63) is 64.0 Å².